The van der Waals surface area contributed by atoms with Gasteiger partial charge in [0.1, 0.15) is 0 Å². The van der Waals surface area contributed by atoms with Gasteiger partial charge in [-0.15, -0.1) is 0 Å². The predicted octanol–water partition coefficient (Wildman–Crippen LogP) is 2.34. The Kier molecular flexibility index (Phi) is 4.37. The molecule has 3 nitrogen and oxygen atoms in total. The Balaban J connectivity index is 2.15. The van der Waals surface area contributed by atoms with Gasteiger partial charge < -0.3 is 10.6 Å². The number of amides is 1. The molecule has 1 aliphatic heterocycles. The molecule has 0 spiro atoms. The minimum Gasteiger partial charge on any atom is -0.336 e. The third-order valence-electron chi connectivity index (χ3n) is 3.65. The highest BCUT2D eigenvalue weighted by atomic mass is 16.2. The molecule has 1 aliphatic rings. The Hall–Kier alpha value is -1.35. The summed E-state index contributed by atoms with van der Waals surface area (Å²) in [7, 11) is 0. The topological polar surface area (TPSA) is 46.3 Å². The molecule has 1 unspecified atom stereocenters. The minimum atomic E-state index is 0.164. The monoisotopic (exact) mass is 246 g/mol. The maximum Gasteiger partial charge on any atom is 0.254 e. The molecule has 1 atom stereocenters. The highest BCUT2D eigenvalue weighted by molar-refractivity contribution is 5.94. The smallest absolute Gasteiger partial charge is 0.254 e. The maximum absolute atomic E-state index is 12.5. The molecule has 98 valence electrons. The van der Waals surface area contributed by atoms with Gasteiger partial charge in [0, 0.05) is 18.2 Å². The fraction of sp³-hybridized carbons (Fsp3) is 0.533. The normalized spacial score (nSPS) is 19.9. The van der Waals surface area contributed by atoms with Gasteiger partial charge in [-0.3, -0.25) is 4.79 Å². The first kappa shape index (κ1) is 13.1. The average Bonchev–Trinajstić information content (AvgIpc) is 2.39. The Morgan fingerprint density at radius 1 is 1.44 bits per heavy atom. The molecule has 0 bridgehead atoms. The Morgan fingerprint density at radius 3 is 3.00 bits per heavy atom. The number of hydrogen-bond donors (Lipinski definition) is 1. The quantitative estimate of drug-likeness (QED) is 0.889. The fourth-order valence-corrected chi connectivity index (χ4v) is 2.70. The number of benzene rings is 1. The Labute approximate surface area is 109 Å². The number of likely N-dealkylation sites (tertiary alicyclic amines) is 1. The number of piperidine rings is 1. The molecule has 0 aromatic heterocycles. The summed E-state index contributed by atoms with van der Waals surface area (Å²) in [5.41, 5.74) is 7.58. The van der Waals surface area contributed by atoms with Crippen molar-refractivity contribution in [3.63, 3.8) is 0 Å². The summed E-state index contributed by atoms with van der Waals surface area (Å²) in [6.07, 6.45) is 4.33. The molecule has 0 saturated carbocycles. The summed E-state index contributed by atoms with van der Waals surface area (Å²) in [6.45, 7) is 3.55. The van der Waals surface area contributed by atoms with Crippen molar-refractivity contribution in [2.75, 3.05) is 13.1 Å². The third kappa shape index (κ3) is 2.91. The van der Waals surface area contributed by atoms with Crippen LogP contribution in [0.2, 0.25) is 0 Å². The zero-order valence-electron chi connectivity index (χ0n) is 11.1. The van der Waals surface area contributed by atoms with Gasteiger partial charge in [0.15, 0.2) is 0 Å². The molecule has 18 heavy (non-hydrogen) atoms. The van der Waals surface area contributed by atoms with Gasteiger partial charge in [0.2, 0.25) is 0 Å². The van der Waals surface area contributed by atoms with E-state index < -0.39 is 0 Å². The Bertz CT molecular complexity index is 415. The fourth-order valence-electron chi connectivity index (χ4n) is 2.70. The highest BCUT2D eigenvalue weighted by Gasteiger charge is 2.26. The van der Waals surface area contributed by atoms with Crippen LogP contribution in [0.4, 0.5) is 0 Å². The second-order valence-electron chi connectivity index (χ2n) is 5.09. The van der Waals surface area contributed by atoms with Gasteiger partial charge in [-0.25, -0.2) is 0 Å². The lowest BCUT2D eigenvalue weighted by Gasteiger charge is -2.35. The summed E-state index contributed by atoms with van der Waals surface area (Å²) in [4.78, 5) is 14.5. The van der Waals surface area contributed by atoms with Crippen molar-refractivity contribution in [2.24, 2.45) is 5.73 Å². The molecular weight excluding hydrogens is 224 g/mol. The minimum absolute atomic E-state index is 0.164. The van der Waals surface area contributed by atoms with Crippen LogP contribution in [-0.2, 0) is 0 Å². The van der Waals surface area contributed by atoms with Crippen molar-refractivity contribution < 1.29 is 4.79 Å². The van der Waals surface area contributed by atoms with E-state index >= 15 is 0 Å². The first-order chi connectivity index (χ1) is 8.72. The molecule has 1 heterocycles. The summed E-state index contributed by atoms with van der Waals surface area (Å²) < 4.78 is 0. The molecule has 3 heteroatoms. The second-order valence-corrected chi connectivity index (χ2v) is 5.09. The lowest BCUT2D eigenvalue weighted by molar-refractivity contribution is 0.0605. The van der Waals surface area contributed by atoms with Crippen LogP contribution in [0, 0.1) is 6.92 Å². The van der Waals surface area contributed by atoms with E-state index in [1.54, 1.807) is 0 Å². The zero-order chi connectivity index (χ0) is 13.0. The SMILES string of the molecule is Cc1cccc(C(=O)N2CCCCC2CCN)c1. The first-order valence-electron chi connectivity index (χ1n) is 6.80. The van der Waals surface area contributed by atoms with Crippen LogP contribution in [0.15, 0.2) is 24.3 Å². The van der Waals surface area contributed by atoms with E-state index in [2.05, 4.69) is 0 Å². The molecule has 0 radical (unpaired) electrons. The van der Waals surface area contributed by atoms with Gasteiger partial charge in [-0.2, -0.15) is 0 Å². The first-order valence-corrected chi connectivity index (χ1v) is 6.80. The van der Waals surface area contributed by atoms with Crippen molar-refractivity contribution in [1.82, 2.24) is 4.90 Å². The van der Waals surface area contributed by atoms with Gasteiger partial charge in [0.05, 0.1) is 0 Å². The van der Waals surface area contributed by atoms with Crippen LogP contribution in [0.25, 0.3) is 0 Å². The van der Waals surface area contributed by atoms with Crippen molar-refractivity contribution in [2.45, 2.75) is 38.6 Å². The summed E-state index contributed by atoms with van der Waals surface area (Å²) in [6, 6.07) is 8.17. The van der Waals surface area contributed by atoms with Crippen LogP contribution >= 0.6 is 0 Å². The zero-order valence-corrected chi connectivity index (χ0v) is 11.1. The van der Waals surface area contributed by atoms with Crippen LogP contribution in [-0.4, -0.2) is 29.9 Å². The van der Waals surface area contributed by atoms with Gasteiger partial charge in [-0.05, 0) is 51.3 Å². The largest absolute Gasteiger partial charge is 0.336 e. The van der Waals surface area contributed by atoms with Crippen LogP contribution in [0.1, 0.15) is 41.6 Å². The molecule has 1 fully saturated rings. The van der Waals surface area contributed by atoms with Gasteiger partial charge in [-0.1, -0.05) is 17.7 Å². The lowest BCUT2D eigenvalue weighted by Crippen LogP contribution is -2.44. The van der Waals surface area contributed by atoms with E-state index in [1.165, 1.54) is 6.42 Å². The number of rotatable bonds is 3. The highest BCUT2D eigenvalue weighted by Crippen LogP contribution is 2.21. The number of hydrogen-bond acceptors (Lipinski definition) is 2. The van der Waals surface area contributed by atoms with Crippen LogP contribution in [0.5, 0.6) is 0 Å². The molecule has 1 aromatic carbocycles. The molecule has 2 N–H and O–H groups in total. The molecule has 0 aliphatic carbocycles. The number of carbonyl (C=O) groups is 1. The lowest BCUT2D eigenvalue weighted by atomic mass is 9.98. The van der Waals surface area contributed by atoms with E-state index in [0.29, 0.717) is 12.6 Å². The van der Waals surface area contributed by atoms with Crippen LogP contribution in [0.3, 0.4) is 0 Å². The van der Waals surface area contributed by atoms with E-state index in [4.69, 9.17) is 5.73 Å². The number of aryl methyl sites for hydroxylation is 1. The van der Waals surface area contributed by atoms with Gasteiger partial charge >= 0.3 is 0 Å². The van der Waals surface area contributed by atoms with Crippen molar-refractivity contribution in [3.05, 3.63) is 35.4 Å². The third-order valence-corrected chi connectivity index (χ3v) is 3.65. The molecule has 1 saturated heterocycles. The Morgan fingerprint density at radius 2 is 2.28 bits per heavy atom. The van der Waals surface area contributed by atoms with E-state index in [1.807, 2.05) is 36.1 Å². The van der Waals surface area contributed by atoms with Crippen molar-refractivity contribution in [3.8, 4) is 0 Å². The van der Waals surface area contributed by atoms with Crippen molar-refractivity contribution in [1.29, 1.82) is 0 Å². The van der Waals surface area contributed by atoms with Crippen molar-refractivity contribution >= 4 is 5.91 Å². The van der Waals surface area contributed by atoms with Gasteiger partial charge in [0.25, 0.3) is 5.91 Å². The summed E-state index contributed by atoms with van der Waals surface area (Å²) in [5, 5.41) is 0. The summed E-state index contributed by atoms with van der Waals surface area (Å²) >= 11 is 0. The molecular formula is C15H22N2O. The standard InChI is InChI=1S/C15H22N2O/c1-12-5-4-6-13(11-12)15(18)17-10-3-2-7-14(17)8-9-16/h4-6,11,14H,2-3,7-10,16H2,1H3. The van der Waals surface area contributed by atoms with E-state index in [-0.39, 0.29) is 5.91 Å². The number of carbonyl (C=O) groups excluding carboxylic acids is 1. The average molecular weight is 246 g/mol. The second kappa shape index (κ2) is 6.01. The number of nitrogens with two attached hydrogens (primary N) is 1. The molecule has 1 amide bonds. The predicted molar refractivity (Wildman–Crippen MR) is 73.5 cm³/mol. The van der Waals surface area contributed by atoms with E-state index in [0.717, 1.165) is 36.9 Å². The number of nitrogens with zero attached hydrogens (tertiary/aromatic N) is 1. The molecule has 1 aromatic rings. The summed E-state index contributed by atoms with van der Waals surface area (Å²) in [5.74, 6) is 0.164. The molecule has 2 rings (SSSR count). The van der Waals surface area contributed by atoms with E-state index in [9.17, 15) is 4.79 Å². The van der Waals surface area contributed by atoms with Crippen LogP contribution < -0.4 is 5.73 Å². The maximum atomic E-state index is 12.5.